The number of hydrogen-bond acceptors (Lipinski definition) is 6. The highest BCUT2D eigenvalue weighted by atomic mass is 32.2. The van der Waals surface area contributed by atoms with Crippen LogP contribution in [0.15, 0.2) is 109 Å². The van der Waals surface area contributed by atoms with E-state index in [2.05, 4.69) is 24.6 Å². The summed E-state index contributed by atoms with van der Waals surface area (Å²) in [5.41, 5.74) is 4.02. The van der Waals surface area contributed by atoms with Crippen molar-refractivity contribution in [2.24, 2.45) is 0 Å². The van der Waals surface area contributed by atoms with Crippen molar-refractivity contribution in [1.29, 1.82) is 0 Å². The zero-order valence-corrected chi connectivity index (χ0v) is 26.5. The fraction of sp³-hybridized carbons (Fsp3) is 0.242. The monoisotopic (exact) mass is 615 g/mol. The van der Waals surface area contributed by atoms with Crippen LogP contribution in [0.3, 0.4) is 0 Å². The molecule has 1 aliphatic rings. The zero-order chi connectivity index (χ0) is 30.5. The Morgan fingerprint density at radius 3 is 2.09 bits per heavy atom. The molecule has 1 aromatic heterocycles. The molecule has 0 unspecified atom stereocenters. The topological polar surface area (TPSA) is 92.2 Å². The third-order valence-corrected chi connectivity index (χ3v) is 10.4. The smallest absolute Gasteiger partial charge is 0.332 e. The lowest BCUT2D eigenvalue weighted by Crippen LogP contribution is -2.37. The molecule has 43 heavy (non-hydrogen) atoms. The van der Waals surface area contributed by atoms with Crippen molar-refractivity contribution >= 4 is 24.0 Å². The fourth-order valence-electron chi connectivity index (χ4n) is 4.60. The average molecular weight is 616 g/mol. The summed E-state index contributed by atoms with van der Waals surface area (Å²) < 4.78 is 41.5. The highest BCUT2D eigenvalue weighted by Gasteiger charge is 2.39. The molecule has 0 amide bonds. The number of pyridine rings is 1. The van der Waals surface area contributed by atoms with Gasteiger partial charge in [0.1, 0.15) is 24.7 Å². The Kier molecular flexibility index (Phi) is 9.07. The van der Waals surface area contributed by atoms with E-state index in [1.807, 2.05) is 91.0 Å². The fourth-order valence-corrected chi connectivity index (χ4v) is 7.10. The van der Waals surface area contributed by atoms with Gasteiger partial charge in [0.05, 0.1) is 6.20 Å². The van der Waals surface area contributed by atoms with E-state index < -0.39 is 18.3 Å². The second-order valence-corrected chi connectivity index (χ2v) is 19.0. The summed E-state index contributed by atoms with van der Waals surface area (Å²) in [6, 6.07) is 31.4. The minimum absolute atomic E-state index is 0.226. The minimum Gasteiger partial charge on any atom is -0.493 e. The summed E-state index contributed by atoms with van der Waals surface area (Å²) in [7, 11) is -5.58. The van der Waals surface area contributed by atoms with Crippen LogP contribution >= 0.6 is 0 Å². The summed E-state index contributed by atoms with van der Waals surface area (Å²) >= 11 is 0. The minimum atomic E-state index is -4.03. The molecule has 3 aromatic carbocycles. The van der Waals surface area contributed by atoms with Crippen LogP contribution in [-0.4, -0.2) is 37.4 Å². The lowest BCUT2D eigenvalue weighted by molar-refractivity contribution is 0.293. The molecule has 0 bridgehead atoms. The second-order valence-electron chi connectivity index (χ2n) is 11.7. The first-order chi connectivity index (χ1) is 20.6. The largest absolute Gasteiger partial charge is 0.493 e. The van der Waals surface area contributed by atoms with Crippen molar-refractivity contribution in [2.45, 2.75) is 45.3 Å². The Morgan fingerprint density at radius 1 is 0.791 bits per heavy atom. The standard InChI is InChI=1S/C33H37N3O5SSi/c1-43(2,3)20-19-35-33(37)23-36(42(35,38)39)30-18-17-28(22-31(30)40-24-26-11-6-4-7-12-26)21-29-15-10-16-32(34-29)41-25-27-13-8-5-9-14-27/h4-18,22-23,37H,19-21,24-25H2,1-3H3. The van der Waals surface area contributed by atoms with Crippen molar-refractivity contribution in [2.75, 3.05) is 10.8 Å². The van der Waals surface area contributed by atoms with Crippen molar-refractivity contribution in [3.63, 3.8) is 0 Å². The number of ether oxygens (including phenoxy) is 2. The molecule has 0 spiro atoms. The predicted octanol–water partition coefficient (Wildman–Crippen LogP) is 6.89. The van der Waals surface area contributed by atoms with Gasteiger partial charge in [0.2, 0.25) is 11.8 Å². The molecule has 0 saturated carbocycles. The molecular weight excluding hydrogens is 579 g/mol. The number of aliphatic hydroxyl groups is 1. The number of aromatic nitrogens is 1. The van der Waals surface area contributed by atoms with Crippen LogP contribution in [0.4, 0.5) is 5.69 Å². The van der Waals surface area contributed by atoms with Crippen molar-refractivity contribution in [3.8, 4) is 11.6 Å². The quantitative estimate of drug-likeness (QED) is 0.175. The van der Waals surface area contributed by atoms with Gasteiger partial charge in [-0.2, -0.15) is 8.42 Å². The highest BCUT2D eigenvalue weighted by molar-refractivity contribution is 7.91. The predicted molar refractivity (Wildman–Crippen MR) is 172 cm³/mol. The summed E-state index contributed by atoms with van der Waals surface area (Å²) in [5, 5.41) is 10.7. The average Bonchev–Trinajstić information content (AvgIpc) is 3.21. The number of nitrogens with zero attached hydrogens (tertiary/aromatic N) is 3. The van der Waals surface area contributed by atoms with Gasteiger partial charge in [-0.15, -0.1) is 0 Å². The number of aliphatic hydroxyl groups excluding tert-OH is 1. The lowest BCUT2D eigenvalue weighted by atomic mass is 10.1. The SMILES string of the molecule is C[Si](C)(C)CCN1C(O)=CN(c2ccc(Cc3cccc(OCc4ccccc4)n3)cc2OCc2ccccc2)S1(=O)=O. The van der Waals surface area contributed by atoms with E-state index >= 15 is 0 Å². The second kappa shape index (κ2) is 12.9. The molecule has 0 aliphatic carbocycles. The van der Waals surface area contributed by atoms with Gasteiger partial charge >= 0.3 is 10.2 Å². The van der Waals surface area contributed by atoms with E-state index in [0.717, 1.165) is 37.0 Å². The first-order valence-corrected chi connectivity index (χ1v) is 19.3. The first kappa shape index (κ1) is 30.2. The molecule has 4 aromatic rings. The van der Waals surface area contributed by atoms with Crippen molar-refractivity contribution in [3.05, 3.63) is 132 Å². The van der Waals surface area contributed by atoms with Crippen LogP contribution < -0.4 is 13.8 Å². The number of benzene rings is 3. The molecule has 0 radical (unpaired) electrons. The van der Waals surface area contributed by atoms with Crippen LogP contribution in [0.1, 0.15) is 22.4 Å². The van der Waals surface area contributed by atoms with Gasteiger partial charge < -0.3 is 14.6 Å². The zero-order valence-electron chi connectivity index (χ0n) is 24.7. The van der Waals surface area contributed by atoms with Crippen LogP contribution in [0.2, 0.25) is 25.7 Å². The molecule has 0 fully saturated rings. The Hall–Kier alpha value is -4.28. The Morgan fingerprint density at radius 2 is 1.44 bits per heavy atom. The molecule has 1 aliphatic heterocycles. The van der Waals surface area contributed by atoms with E-state index in [9.17, 15) is 13.5 Å². The molecule has 8 nitrogen and oxygen atoms in total. The Bertz CT molecular complexity index is 1680. The van der Waals surface area contributed by atoms with Crippen molar-refractivity contribution < 1.29 is 23.0 Å². The third kappa shape index (κ3) is 7.77. The molecule has 1 N–H and O–H groups in total. The van der Waals surface area contributed by atoms with Crippen molar-refractivity contribution in [1.82, 2.24) is 9.29 Å². The summed E-state index contributed by atoms with van der Waals surface area (Å²) in [6.07, 6.45) is 1.74. The highest BCUT2D eigenvalue weighted by Crippen LogP contribution is 2.38. The van der Waals surface area contributed by atoms with Crippen LogP contribution in [-0.2, 0) is 29.8 Å². The summed E-state index contributed by atoms with van der Waals surface area (Å²) in [5.74, 6) is 0.617. The number of rotatable bonds is 12. The number of anilines is 1. The van der Waals surface area contributed by atoms with E-state index in [4.69, 9.17) is 9.47 Å². The number of hydrogen-bond donors (Lipinski definition) is 1. The molecule has 10 heteroatoms. The lowest BCUT2D eigenvalue weighted by Gasteiger charge is -2.25. The van der Waals surface area contributed by atoms with E-state index in [0.29, 0.717) is 30.3 Å². The van der Waals surface area contributed by atoms with Gasteiger partial charge in [-0.1, -0.05) is 92.4 Å². The van der Waals surface area contributed by atoms with E-state index in [1.54, 1.807) is 6.07 Å². The summed E-state index contributed by atoms with van der Waals surface area (Å²) in [6.45, 7) is 7.40. The summed E-state index contributed by atoms with van der Waals surface area (Å²) in [4.78, 5) is 4.67. The van der Waals surface area contributed by atoms with Gasteiger partial charge in [0, 0.05) is 32.8 Å². The maximum atomic E-state index is 13.6. The molecule has 5 rings (SSSR count). The van der Waals surface area contributed by atoms with Gasteiger partial charge in [0.25, 0.3) is 0 Å². The van der Waals surface area contributed by atoms with Gasteiger partial charge in [-0.3, -0.25) is 0 Å². The molecule has 2 heterocycles. The normalized spacial score (nSPS) is 14.4. The van der Waals surface area contributed by atoms with Crippen LogP contribution in [0.25, 0.3) is 0 Å². The van der Waals surface area contributed by atoms with Gasteiger partial charge in [-0.25, -0.2) is 13.6 Å². The molecule has 0 atom stereocenters. The third-order valence-electron chi connectivity index (χ3n) is 6.98. The molecular formula is C33H37N3O5SSi. The van der Waals surface area contributed by atoms with Crippen LogP contribution in [0.5, 0.6) is 11.6 Å². The molecule has 224 valence electrons. The maximum Gasteiger partial charge on any atom is 0.332 e. The van der Waals surface area contributed by atoms with Gasteiger partial charge in [0.15, 0.2) is 0 Å². The Labute approximate surface area is 255 Å². The Balaban J connectivity index is 1.39. The van der Waals surface area contributed by atoms with Gasteiger partial charge in [-0.05, 0) is 40.9 Å². The van der Waals surface area contributed by atoms with E-state index in [-0.39, 0.29) is 19.0 Å². The molecule has 0 saturated heterocycles. The van der Waals surface area contributed by atoms with E-state index in [1.165, 1.54) is 6.20 Å². The maximum absolute atomic E-state index is 13.6. The first-order valence-electron chi connectivity index (χ1n) is 14.2. The van der Waals surface area contributed by atoms with Crippen LogP contribution in [0, 0.1) is 0 Å².